The Morgan fingerprint density at radius 1 is 1.26 bits per heavy atom. The molecule has 1 spiro atoms. The van der Waals surface area contributed by atoms with Gasteiger partial charge in [0.2, 0.25) is 0 Å². The van der Waals surface area contributed by atoms with Crippen LogP contribution < -0.4 is 4.90 Å². The second-order valence-electron chi connectivity index (χ2n) is 5.67. The minimum absolute atomic E-state index is 0.1000. The van der Waals surface area contributed by atoms with E-state index in [4.69, 9.17) is 9.84 Å². The molecule has 2 heterocycles. The predicted molar refractivity (Wildman–Crippen MR) is 72.5 cm³/mol. The van der Waals surface area contributed by atoms with E-state index in [9.17, 15) is 4.79 Å². The normalized spacial score (nSPS) is 21.2. The molecule has 19 heavy (non-hydrogen) atoms. The second-order valence-corrected chi connectivity index (χ2v) is 5.67. The van der Waals surface area contributed by atoms with E-state index in [2.05, 4.69) is 4.90 Å². The molecule has 102 valence electrons. The highest BCUT2D eigenvalue weighted by Gasteiger charge is 2.44. The van der Waals surface area contributed by atoms with Crippen LogP contribution in [0.3, 0.4) is 0 Å². The van der Waals surface area contributed by atoms with Crippen molar-refractivity contribution in [2.45, 2.75) is 19.3 Å². The molecule has 1 aromatic rings. The van der Waals surface area contributed by atoms with Crippen molar-refractivity contribution in [3.63, 3.8) is 0 Å². The zero-order chi connectivity index (χ0) is 13.3. The van der Waals surface area contributed by atoms with E-state index in [1.165, 1.54) is 0 Å². The number of aliphatic carboxylic acids is 1. The average molecular weight is 261 g/mol. The van der Waals surface area contributed by atoms with Gasteiger partial charge in [-0.25, -0.2) is 0 Å². The van der Waals surface area contributed by atoms with Crippen LogP contribution in [0.15, 0.2) is 24.3 Å². The largest absolute Gasteiger partial charge is 0.481 e. The Morgan fingerprint density at radius 3 is 2.63 bits per heavy atom. The number of rotatable bonds is 3. The van der Waals surface area contributed by atoms with Gasteiger partial charge < -0.3 is 14.7 Å². The monoisotopic (exact) mass is 261 g/mol. The van der Waals surface area contributed by atoms with Gasteiger partial charge in [-0.3, -0.25) is 4.79 Å². The van der Waals surface area contributed by atoms with Crippen molar-refractivity contribution in [2.24, 2.45) is 5.41 Å². The Labute approximate surface area is 113 Å². The van der Waals surface area contributed by atoms with Crippen LogP contribution in [0, 0.1) is 5.41 Å². The Morgan fingerprint density at radius 2 is 1.95 bits per heavy atom. The van der Waals surface area contributed by atoms with Crippen molar-refractivity contribution < 1.29 is 14.6 Å². The molecular formula is C15H19NO3. The first-order chi connectivity index (χ1) is 9.19. The number of hydrogen-bond donors (Lipinski definition) is 1. The standard InChI is InChI=1S/C15H19NO3/c17-14(18)9-12-3-1-2-4-13(12)16-10-15(11-16)5-7-19-8-6-15/h1-4H,5-11H2,(H,17,18). The number of carboxylic acid groups (broad SMARTS) is 1. The molecule has 1 N–H and O–H groups in total. The topological polar surface area (TPSA) is 49.8 Å². The van der Waals surface area contributed by atoms with Crippen molar-refractivity contribution in [1.29, 1.82) is 0 Å². The molecule has 0 unspecified atom stereocenters. The van der Waals surface area contributed by atoms with Crippen molar-refractivity contribution >= 4 is 11.7 Å². The Kier molecular flexibility index (Phi) is 3.19. The smallest absolute Gasteiger partial charge is 0.307 e. The van der Waals surface area contributed by atoms with Gasteiger partial charge in [-0.2, -0.15) is 0 Å². The van der Waals surface area contributed by atoms with Crippen molar-refractivity contribution in [3.05, 3.63) is 29.8 Å². The summed E-state index contributed by atoms with van der Waals surface area (Å²) in [7, 11) is 0. The maximum Gasteiger partial charge on any atom is 0.307 e. The number of anilines is 1. The van der Waals surface area contributed by atoms with E-state index >= 15 is 0 Å². The third-order valence-electron chi connectivity index (χ3n) is 4.28. The van der Waals surface area contributed by atoms with Crippen LogP contribution in [0.4, 0.5) is 5.69 Å². The summed E-state index contributed by atoms with van der Waals surface area (Å²) < 4.78 is 5.42. The van der Waals surface area contributed by atoms with E-state index in [0.717, 1.165) is 50.4 Å². The highest BCUT2D eigenvalue weighted by atomic mass is 16.5. The molecule has 4 nitrogen and oxygen atoms in total. The fourth-order valence-electron chi connectivity index (χ4n) is 3.19. The van der Waals surface area contributed by atoms with Crippen molar-refractivity contribution in [3.8, 4) is 0 Å². The minimum atomic E-state index is -0.770. The highest BCUT2D eigenvalue weighted by molar-refractivity contribution is 5.74. The van der Waals surface area contributed by atoms with Gasteiger partial charge in [0.05, 0.1) is 6.42 Å². The lowest BCUT2D eigenvalue weighted by molar-refractivity contribution is -0.136. The lowest BCUT2D eigenvalue weighted by atomic mass is 9.73. The van der Waals surface area contributed by atoms with E-state index in [1.807, 2.05) is 24.3 Å². The number of ether oxygens (including phenoxy) is 1. The zero-order valence-electron chi connectivity index (χ0n) is 11.0. The lowest BCUT2D eigenvalue weighted by Crippen LogP contribution is -2.58. The number of nitrogens with zero attached hydrogens (tertiary/aromatic N) is 1. The summed E-state index contributed by atoms with van der Waals surface area (Å²) in [6, 6.07) is 7.84. The maximum atomic E-state index is 10.9. The quantitative estimate of drug-likeness (QED) is 0.903. The fourth-order valence-corrected chi connectivity index (χ4v) is 3.19. The molecule has 0 aromatic heterocycles. The van der Waals surface area contributed by atoms with Crippen LogP contribution in [0.1, 0.15) is 18.4 Å². The number of benzene rings is 1. The summed E-state index contributed by atoms with van der Waals surface area (Å²) in [6.07, 6.45) is 2.36. The van der Waals surface area contributed by atoms with Gasteiger partial charge in [-0.1, -0.05) is 18.2 Å². The van der Waals surface area contributed by atoms with Crippen molar-refractivity contribution in [2.75, 3.05) is 31.2 Å². The Hall–Kier alpha value is -1.55. The number of carbonyl (C=O) groups is 1. The van der Waals surface area contributed by atoms with Crippen LogP contribution in [-0.2, 0) is 16.0 Å². The van der Waals surface area contributed by atoms with E-state index in [-0.39, 0.29) is 6.42 Å². The number of carboxylic acids is 1. The lowest BCUT2D eigenvalue weighted by Gasteiger charge is -2.53. The predicted octanol–water partition coefficient (Wildman–Crippen LogP) is 1.93. The first-order valence-corrected chi connectivity index (χ1v) is 6.81. The molecule has 2 saturated heterocycles. The average Bonchev–Trinajstić information content (AvgIpc) is 2.37. The molecule has 0 amide bonds. The second kappa shape index (κ2) is 4.85. The van der Waals surface area contributed by atoms with Gasteiger partial charge in [0.15, 0.2) is 0 Å². The summed E-state index contributed by atoms with van der Waals surface area (Å²) in [5, 5.41) is 8.97. The molecular weight excluding hydrogens is 242 g/mol. The third kappa shape index (κ3) is 2.45. The van der Waals surface area contributed by atoms with Gasteiger partial charge >= 0.3 is 5.97 Å². The molecule has 0 bridgehead atoms. The third-order valence-corrected chi connectivity index (χ3v) is 4.28. The summed E-state index contributed by atoms with van der Waals surface area (Å²) >= 11 is 0. The molecule has 2 fully saturated rings. The Balaban J connectivity index is 1.72. The summed E-state index contributed by atoms with van der Waals surface area (Å²) in [4.78, 5) is 13.2. The van der Waals surface area contributed by atoms with Gasteiger partial charge in [-0.15, -0.1) is 0 Å². The fraction of sp³-hybridized carbons (Fsp3) is 0.533. The summed E-state index contributed by atoms with van der Waals surface area (Å²) in [6.45, 7) is 3.80. The first-order valence-electron chi connectivity index (χ1n) is 6.81. The van der Waals surface area contributed by atoms with Gasteiger partial charge in [0.25, 0.3) is 0 Å². The molecule has 2 aliphatic rings. The van der Waals surface area contributed by atoms with Crippen LogP contribution in [-0.4, -0.2) is 37.4 Å². The van der Waals surface area contributed by atoms with Crippen LogP contribution in [0.2, 0.25) is 0 Å². The Bertz CT molecular complexity index is 472. The maximum absolute atomic E-state index is 10.9. The minimum Gasteiger partial charge on any atom is -0.481 e. The van der Waals surface area contributed by atoms with Crippen LogP contribution in [0.5, 0.6) is 0 Å². The molecule has 3 rings (SSSR count). The van der Waals surface area contributed by atoms with E-state index in [0.29, 0.717) is 5.41 Å². The first kappa shape index (κ1) is 12.5. The molecule has 2 aliphatic heterocycles. The van der Waals surface area contributed by atoms with Gasteiger partial charge in [-0.05, 0) is 24.5 Å². The van der Waals surface area contributed by atoms with Crippen LogP contribution >= 0.6 is 0 Å². The van der Waals surface area contributed by atoms with Crippen LogP contribution in [0.25, 0.3) is 0 Å². The zero-order valence-corrected chi connectivity index (χ0v) is 11.0. The van der Waals surface area contributed by atoms with E-state index < -0.39 is 5.97 Å². The van der Waals surface area contributed by atoms with Crippen molar-refractivity contribution in [1.82, 2.24) is 0 Å². The molecule has 4 heteroatoms. The molecule has 1 aromatic carbocycles. The highest BCUT2D eigenvalue weighted by Crippen LogP contribution is 2.42. The molecule has 0 saturated carbocycles. The molecule has 0 radical (unpaired) electrons. The number of hydrogen-bond acceptors (Lipinski definition) is 3. The van der Waals surface area contributed by atoms with E-state index in [1.54, 1.807) is 0 Å². The summed E-state index contributed by atoms with van der Waals surface area (Å²) in [5.74, 6) is -0.770. The molecule has 0 aliphatic carbocycles. The number of para-hydroxylation sites is 1. The van der Waals surface area contributed by atoms with Gasteiger partial charge in [0.1, 0.15) is 0 Å². The van der Waals surface area contributed by atoms with Gasteiger partial charge in [0, 0.05) is 37.4 Å². The SMILES string of the molecule is O=C(O)Cc1ccccc1N1CC2(CCOCC2)C1. The molecule has 0 atom stereocenters. The summed E-state index contributed by atoms with van der Waals surface area (Å²) in [5.41, 5.74) is 2.41.